The monoisotopic (exact) mass is 308 g/mol. The van der Waals surface area contributed by atoms with Gasteiger partial charge in [-0.15, -0.1) is 0 Å². The van der Waals surface area contributed by atoms with Gasteiger partial charge in [0.25, 0.3) is 5.91 Å². The third-order valence-corrected chi connectivity index (χ3v) is 3.31. The first-order valence-corrected chi connectivity index (χ1v) is 6.78. The second-order valence-electron chi connectivity index (χ2n) is 4.88. The molecule has 1 heterocycles. The number of nitrogens with zero attached hydrogens (tertiary/aromatic N) is 1. The van der Waals surface area contributed by atoms with Gasteiger partial charge in [-0.2, -0.15) is 0 Å². The van der Waals surface area contributed by atoms with E-state index in [1.807, 2.05) is 0 Å². The second kappa shape index (κ2) is 5.76. The van der Waals surface area contributed by atoms with Gasteiger partial charge in [0.05, 0.1) is 11.1 Å². The molecule has 0 fully saturated rings. The number of nitrogens with one attached hydrogen (secondary N) is 1. The van der Waals surface area contributed by atoms with Crippen LogP contribution in [0.2, 0.25) is 0 Å². The normalized spacial score (nSPS) is 10.4. The number of carboxylic acids is 1. The lowest BCUT2D eigenvalue weighted by molar-refractivity contribution is 0.0690. The highest BCUT2D eigenvalue weighted by molar-refractivity contribution is 6.06. The second-order valence-corrected chi connectivity index (χ2v) is 4.88. The molecule has 0 atom stereocenters. The number of rotatable bonds is 3. The Morgan fingerprint density at radius 2 is 1.78 bits per heavy atom. The maximum Gasteiger partial charge on any atom is 0.354 e. The summed E-state index contributed by atoms with van der Waals surface area (Å²) in [5, 5.41) is 22.0. The molecule has 1 aromatic heterocycles. The van der Waals surface area contributed by atoms with E-state index in [1.165, 1.54) is 18.2 Å². The summed E-state index contributed by atoms with van der Waals surface area (Å²) in [4.78, 5) is 27.1. The smallest absolute Gasteiger partial charge is 0.354 e. The first kappa shape index (κ1) is 14.5. The number of anilines is 1. The number of pyridine rings is 1. The molecule has 2 aromatic carbocycles. The van der Waals surface area contributed by atoms with E-state index in [0.29, 0.717) is 16.6 Å². The van der Waals surface area contributed by atoms with Crippen molar-refractivity contribution in [3.05, 3.63) is 65.9 Å². The van der Waals surface area contributed by atoms with Crippen LogP contribution in [-0.2, 0) is 0 Å². The van der Waals surface area contributed by atoms with Gasteiger partial charge in [0.2, 0.25) is 0 Å². The minimum Gasteiger partial charge on any atom is -0.507 e. The Labute approximate surface area is 131 Å². The summed E-state index contributed by atoms with van der Waals surface area (Å²) in [5.41, 5.74) is 1.18. The fourth-order valence-electron chi connectivity index (χ4n) is 2.19. The molecule has 0 bridgehead atoms. The fraction of sp³-hybridized carbons (Fsp3) is 0. The molecular weight excluding hydrogens is 296 g/mol. The van der Waals surface area contributed by atoms with E-state index < -0.39 is 11.9 Å². The third kappa shape index (κ3) is 2.96. The topological polar surface area (TPSA) is 99.5 Å². The van der Waals surface area contributed by atoms with Crippen molar-refractivity contribution in [2.24, 2.45) is 0 Å². The Bertz CT molecular complexity index is 921. The Morgan fingerprint density at radius 1 is 1.00 bits per heavy atom. The number of carbonyl (C=O) groups is 2. The van der Waals surface area contributed by atoms with Crippen LogP contribution in [0.15, 0.2) is 54.6 Å². The Hall–Kier alpha value is -3.41. The van der Waals surface area contributed by atoms with E-state index >= 15 is 0 Å². The molecule has 1 amide bonds. The van der Waals surface area contributed by atoms with E-state index in [9.17, 15) is 14.7 Å². The van der Waals surface area contributed by atoms with Gasteiger partial charge in [-0.3, -0.25) is 4.79 Å². The summed E-state index contributed by atoms with van der Waals surface area (Å²) < 4.78 is 0. The molecule has 0 unspecified atom stereocenters. The summed E-state index contributed by atoms with van der Waals surface area (Å²) >= 11 is 0. The molecule has 3 rings (SSSR count). The van der Waals surface area contributed by atoms with Gasteiger partial charge in [0.15, 0.2) is 0 Å². The van der Waals surface area contributed by atoms with Crippen molar-refractivity contribution in [2.45, 2.75) is 0 Å². The molecule has 6 heteroatoms. The fourth-order valence-corrected chi connectivity index (χ4v) is 2.19. The van der Waals surface area contributed by atoms with Crippen molar-refractivity contribution in [2.75, 3.05) is 5.32 Å². The number of aromatic nitrogens is 1. The SMILES string of the molecule is O=C(O)c1ccc2cc(NC(=O)c3ccccc3O)ccc2n1. The van der Waals surface area contributed by atoms with E-state index in [4.69, 9.17) is 5.11 Å². The van der Waals surface area contributed by atoms with Crippen molar-refractivity contribution < 1.29 is 19.8 Å². The quantitative estimate of drug-likeness (QED) is 0.691. The molecule has 6 nitrogen and oxygen atoms in total. The van der Waals surface area contributed by atoms with Crippen LogP contribution >= 0.6 is 0 Å². The molecule has 3 aromatic rings. The average molecular weight is 308 g/mol. The summed E-state index contributed by atoms with van der Waals surface area (Å²) in [6.45, 7) is 0. The minimum atomic E-state index is -1.09. The summed E-state index contributed by atoms with van der Waals surface area (Å²) in [6, 6.07) is 14.2. The van der Waals surface area contributed by atoms with E-state index in [-0.39, 0.29) is 17.0 Å². The molecule has 0 aliphatic carbocycles. The van der Waals surface area contributed by atoms with E-state index in [1.54, 1.807) is 36.4 Å². The largest absolute Gasteiger partial charge is 0.507 e. The van der Waals surface area contributed by atoms with E-state index in [0.717, 1.165) is 0 Å². The standard InChI is InChI=1S/C17H12N2O4/c20-15-4-2-1-3-12(15)16(21)18-11-6-8-13-10(9-11)5-7-14(19-13)17(22)23/h1-9,20H,(H,18,21)(H,22,23). The van der Waals surface area contributed by atoms with Crippen molar-refractivity contribution in [1.82, 2.24) is 4.98 Å². The number of hydrogen-bond acceptors (Lipinski definition) is 4. The zero-order chi connectivity index (χ0) is 16.4. The number of benzene rings is 2. The number of hydrogen-bond donors (Lipinski definition) is 3. The lowest BCUT2D eigenvalue weighted by Crippen LogP contribution is -2.12. The van der Waals surface area contributed by atoms with Crippen LogP contribution in [0.1, 0.15) is 20.8 Å². The number of amides is 1. The van der Waals surface area contributed by atoms with Crippen molar-refractivity contribution in [3.8, 4) is 5.75 Å². The Balaban J connectivity index is 1.89. The number of carboxylic acid groups (broad SMARTS) is 1. The maximum absolute atomic E-state index is 12.1. The van der Waals surface area contributed by atoms with Gasteiger partial charge in [0, 0.05) is 11.1 Å². The van der Waals surface area contributed by atoms with Gasteiger partial charge in [-0.05, 0) is 36.4 Å². The summed E-state index contributed by atoms with van der Waals surface area (Å²) in [6.07, 6.45) is 0. The van der Waals surface area contributed by atoms with Crippen LogP contribution in [0.4, 0.5) is 5.69 Å². The van der Waals surface area contributed by atoms with Crippen molar-refractivity contribution >= 4 is 28.5 Å². The molecule has 23 heavy (non-hydrogen) atoms. The van der Waals surface area contributed by atoms with Gasteiger partial charge in [-0.25, -0.2) is 9.78 Å². The highest BCUT2D eigenvalue weighted by Crippen LogP contribution is 2.21. The van der Waals surface area contributed by atoms with Crippen LogP contribution < -0.4 is 5.32 Å². The summed E-state index contributed by atoms with van der Waals surface area (Å²) in [5.74, 6) is -1.63. The van der Waals surface area contributed by atoms with Gasteiger partial charge < -0.3 is 15.5 Å². The predicted octanol–water partition coefficient (Wildman–Crippen LogP) is 2.89. The molecule has 0 saturated carbocycles. The number of fused-ring (bicyclic) bond motifs is 1. The third-order valence-electron chi connectivity index (χ3n) is 3.31. The number of carbonyl (C=O) groups excluding carboxylic acids is 1. The summed E-state index contributed by atoms with van der Waals surface area (Å²) in [7, 11) is 0. The highest BCUT2D eigenvalue weighted by atomic mass is 16.4. The molecule has 0 aliphatic heterocycles. The zero-order valence-corrected chi connectivity index (χ0v) is 11.9. The van der Waals surface area contributed by atoms with Gasteiger partial charge in [0.1, 0.15) is 11.4 Å². The number of phenols is 1. The number of aromatic hydroxyl groups is 1. The lowest BCUT2D eigenvalue weighted by Gasteiger charge is -2.08. The van der Waals surface area contributed by atoms with E-state index in [2.05, 4.69) is 10.3 Å². The number of para-hydroxylation sites is 1. The first-order valence-electron chi connectivity index (χ1n) is 6.78. The molecule has 0 aliphatic rings. The van der Waals surface area contributed by atoms with Crippen molar-refractivity contribution in [1.29, 1.82) is 0 Å². The average Bonchev–Trinajstić information content (AvgIpc) is 2.54. The molecule has 0 saturated heterocycles. The highest BCUT2D eigenvalue weighted by Gasteiger charge is 2.11. The number of phenolic OH excluding ortho intramolecular Hbond substituents is 1. The molecule has 0 spiro atoms. The van der Waals surface area contributed by atoms with Gasteiger partial charge >= 0.3 is 5.97 Å². The Morgan fingerprint density at radius 3 is 2.52 bits per heavy atom. The lowest BCUT2D eigenvalue weighted by atomic mass is 10.1. The maximum atomic E-state index is 12.1. The first-order chi connectivity index (χ1) is 11.0. The molecular formula is C17H12N2O4. The predicted molar refractivity (Wildman–Crippen MR) is 84.8 cm³/mol. The van der Waals surface area contributed by atoms with Gasteiger partial charge in [-0.1, -0.05) is 18.2 Å². The molecule has 0 radical (unpaired) electrons. The zero-order valence-electron chi connectivity index (χ0n) is 11.9. The van der Waals surface area contributed by atoms with Crippen LogP contribution in [-0.4, -0.2) is 27.1 Å². The van der Waals surface area contributed by atoms with Crippen LogP contribution in [0, 0.1) is 0 Å². The van der Waals surface area contributed by atoms with Crippen LogP contribution in [0.3, 0.4) is 0 Å². The molecule has 114 valence electrons. The van der Waals surface area contributed by atoms with Crippen LogP contribution in [0.5, 0.6) is 5.75 Å². The molecule has 3 N–H and O–H groups in total. The Kier molecular flexibility index (Phi) is 3.64. The number of aromatic carboxylic acids is 1. The van der Waals surface area contributed by atoms with Crippen molar-refractivity contribution in [3.63, 3.8) is 0 Å². The minimum absolute atomic E-state index is 0.0384. The van der Waals surface area contributed by atoms with Crippen LogP contribution in [0.25, 0.3) is 10.9 Å².